The molecule has 0 amide bonds. The molecule has 23 heavy (non-hydrogen) atoms. The van der Waals surface area contributed by atoms with Gasteiger partial charge in [0.05, 0.1) is 0 Å². The molecule has 0 fully saturated rings. The van der Waals surface area contributed by atoms with Crippen LogP contribution in [0.4, 0.5) is 0 Å². The summed E-state index contributed by atoms with van der Waals surface area (Å²) >= 11 is 0. The van der Waals surface area contributed by atoms with Gasteiger partial charge in [-0.2, -0.15) is 0 Å². The zero-order valence-electron chi connectivity index (χ0n) is 15.3. The molecule has 6 nitrogen and oxygen atoms in total. The van der Waals surface area contributed by atoms with Crippen molar-refractivity contribution in [3.63, 3.8) is 0 Å². The van der Waals surface area contributed by atoms with Crippen LogP contribution >= 0.6 is 0 Å². The molecule has 0 aliphatic carbocycles. The van der Waals surface area contributed by atoms with Crippen molar-refractivity contribution in [1.82, 2.24) is 0 Å². The molecule has 0 heterocycles. The van der Waals surface area contributed by atoms with Gasteiger partial charge in [0.1, 0.15) is 5.60 Å². The molecule has 0 saturated carbocycles. The van der Waals surface area contributed by atoms with Crippen molar-refractivity contribution in [3.8, 4) is 0 Å². The van der Waals surface area contributed by atoms with Crippen LogP contribution in [-0.2, 0) is 19.1 Å². The Labute approximate surface area is 140 Å². The lowest BCUT2D eigenvalue weighted by Crippen LogP contribution is -2.17. The lowest BCUT2D eigenvalue weighted by Gasteiger charge is -2.14. The van der Waals surface area contributed by atoms with E-state index in [1.807, 2.05) is 20.8 Å². The quantitative estimate of drug-likeness (QED) is 0.391. The Morgan fingerprint density at radius 3 is 1.26 bits per heavy atom. The van der Waals surface area contributed by atoms with Crippen LogP contribution in [0.2, 0.25) is 0 Å². The normalized spacial score (nSPS) is 9.61. The average molecular weight is 334 g/mol. The lowest BCUT2D eigenvalue weighted by atomic mass is 10.1. The van der Waals surface area contributed by atoms with Crippen LogP contribution in [-0.4, -0.2) is 34.2 Å². The van der Waals surface area contributed by atoms with Crippen LogP contribution in [0.15, 0.2) is 0 Å². The van der Waals surface area contributed by atoms with Crippen molar-refractivity contribution < 1.29 is 29.3 Å². The smallest absolute Gasteiger partial charge is 0.414 e. The van der Waals surface area contributed by atoms with E-state index in [-0.39, 0.29) is 5.60 Å². The number of aliphatic carboxylic acids is 2. The molecule has 0 unspecified atom stereocenters. The summed E-state index contributed by atoms with van der Waals surface area (Å²) in [5.41, 5.74) is -0.318. The van der Waals surface area contributed by atoms with E-state index in [0.29, 0.717) is 6.47 Å². The van der Waals surface area contributed by atoms with E-state index in [0.717, 1.165) is 0 Å². The van der Waals surface area contributed by atoms with Crippen LogP contribution in [0.25, 0.3) is 0 Å². The van der Waals surface area contributed by atoms with Crippen molar-refractivity contribution >= 4 is 18.4 Å². The van der Waals surface area contributed by atoms with Gasteiger partial charge in [0, 0.05) is 0 Å². The molecule has 0 bridgehead atoms. The minimum atomic E-state index is -1.82. The minimum absolute atomic E-state index is 0.318. The molecule has 0 aliphatic rings. The first kappa shape index (κ1) is 26.3. The first-order valence-corrected chi connectivity index (χ1v) is 8.20. The fraction of sp³-hybridized carbons (Fsp3) is 0.824. The molecule has 0 rings (SSSR count). The Kier molecular flexibility index (Phi) is 21.1. The fourth-order valence-corrected chi connectivity index (χ4v) is 1.35. The van der Waals surface area contributed by atoms with Crippen LogP contribution < -0.4 is 0 Å². The Morgan fingerprint density at radius 1 is 0.826 bits per heavy atom. The second-order valence-corrected chi connectivity index (χ2v) is 6.06. The molecule has 0 aromatic carbocycles. The van der Waals surface area contributed by atoms with Gasteiger partial charge in [-0.05, 0) is 20.8 Å². The van der Waals surface area contributed by atoms with Gasteiger partial charge < -0.3 is 14.9 Å². The fourth-order valence-electron chi connectivity index (χ4n) is 1.35. The van der Waals surface area contributed by atoms with Gasteiger partial charge in [-0.15, -0.1) is 0 Å². The lowest BCUT2D eigenvalue weighted by molar-refractivity contribution is -0.159. The number of unbranched alkanes of at least 4 members (excludes halogenated alkanes) is 7. The average Bonchev–Trinajstić information content (AvgIpc) is 2.43. The van der Waals surface area contributed by atoms with Crippen LogP contribution in [0.3, 0.4) is 0 Å². The zero-order chi connectivity index (χ0) is 18.7. The van der Waals surface area contributed by atoms with Gasteiger partial charge in [0.2, 0.25) is 0 Å². The van der Waals surface area contributed by atoms with Gasteiger partial charge in [0.25, 0.3) is 6.47 Å². The molecule has 0 radical (unpaired) electrons. The maximum absolute atomic E-state index is 9.60. The van der Waals surface area contributed by atoms with E-state index in [2.05, 4.69) is 18.6 Å². The standard InChI is InChI=1S/C10H22.C5H10O2.C2H2O4/c1-3-5-7-9-10-8-6-4-2;1-5(2,3)7-4-6;3-1(4)2(5)6/h3-10H2,1-2H3;4H,1-3H3;(H,3,4)(H,5,6). The Balaban J connectivity index is -0.000000272. The molecule has 6 heteroatoms. The summed E-state index contributed by atoms with van der Waals surface area (Å²) in [6.45, 7) is 10.5. The summed E-state index contributed by atoms with van der Waals surface area (Å²) in [5.74, 6) is -3.65. The third kappa shape index (κ3) is 38.5. The first-order valence-electron chi connectivity index (χ1n) is 8.20. The van der Waals surface area contributed by atoms with Gasteiger partial charge in [0.15, 0.2) is 0 Å². The van der Waals surface area contributed by atoms with Gasteiger partial charge in [-0.25, -0.2) is 9.59 Å². The van der Waals surface area contributed by atoms with Crippen LogP contribution in [0, 0.1) is 0 Å². The second-order valence-electron chi connectivity index (χ2n) is 6.06. The summed E-state index contributed by atoms with van der Waals surface area (Å²) in [5, 5.41) is 14.8. The number of ether oxygens (including phenoxy) is 1. The summed E-state index contributed by atoms with van der Waals surface area (Å²) in [6, 6.07) is 0. The largest absolute Gasteiger partial charge is 0.473 e. The van der Waals surface area contributed by atoms with Crippen LogP contribution in [0.5, 0.6) is 0 Å². The highest BCUT2D eigenvalue weighted by atomic mass is 16.5. The topological polar surface area (TPSA) is 101 Å². The third-order valence-electron chi connectivity index (χ3n) is 2.54. The zero-order valence-corrected chi connectivity index (χ0v) is 15.3. The van der Waals surface area contributed by atoms with E-state index in [4.69, 9.17) is 19.8 Å². The van der Waals surface area contributed by atoms with E-state index in [1.165, 1.54) is 51.4 Å². The van der Waals surface area contributed by atoms with Crippen molar-refractivity contribution in [1.29, 1.82) is 0 Å². The molecule has 0 saturated heterocycles. The van der Waals surface area contributed by atoms with E-state index < -0.39 is 11.9 Å². The number of carboxylic acid groups (broad SMARTS) is 2. The van der Waals surface area contributed by atoms with Crippen molar-refractivity contribution in [2.24, 2.45) is 0 Å². The molecule has 0 spiro atoms. The van der Waals surface area contributed by atoms with Crippen molar-refractivity contribution in [3.05, 3.63) is 0 Å². The van der Waals surface area contributed by atoms with Crippen molar-refractivity contribution in [2.45, 2.75) is 91.6 Å². The molecule has 0 aromatic rings. The number of carboxylic acids is 2. The monoisotopic (exact) mass is 334 g/mol. The predicted molar refractivity (Wildman–Crippen MR) is 90.5 cm³/mol. The number of carbonyl (C=O) groups excluding carboxylic acids is 1. The molecular weight excluding hydrogens is 300 g/mol. The van der Waals surface area contributed by atoms with E-state index >= 15 is 0 Å². The Morgan fingerprint density at radius 2 is 1.13 bits per heavy atom. The highest BCUT2D eigenvalue weighted by Crippen LogP contribution is 2.07. The number of hydrogen-bond donors (Lipinski definition) is 2. The van der Waals surface area contributed by atoms with Gasteiger partial charge in [-0.3, -0.25) is 4.79 Å². The van der Waals surface area contributed by atoms with Gasteiger partial charge >= 0.3 is 11.9 Å². The molecular formula is C17H34O6. The molecule has 0 aliphatic heterocycles. The highest BCUT2D eigenvalue weighted by Gasteiger charge is 2.07. The number of rotatable bonds is 8. The Hall–Kier alpha value is -1.59. The second kappa shape index (κ2) is 18.5. The SMILES string of the molecule is CC(C)(C)OC=O.CCCCCCCCCC.O=C(O)C(=O)O. The van der Waals surface area contributed by atoms with Gasteiger partial charge in [-0.1, -0.05) is 65.2 Å². The summed E-state index contributed by atoms with van der Waals surface area (Å²) in [6.07, 6.45) is 11.5. The summed E-state index contributed by atoms with van der Waals surface area (Å²) < 4.78 is 4.55. The highest BCUT2D eigenvalue weighted by molar-refractivity contribution is 6.27. The van der Waals surface area contributed by atoms with Crippen LogP contribution in [0.1, 0.15) is 86.0 Å². The summed E-state index contributed by atoms with van der Waals surface area (Å²) in [7, 11) is 0. The van der Waals surface area contributed by atoms with E-state index in [1.54, 1.807) is 0 Å². The van der Waals surface area contributed by atoms with E-state index in [9.17, 15) is 4.79 Å². The molecule has 138 valence electrons. The maximum Gasteiger partial charge on any atom is 0.414 e. The van der Waals surface area contributed by atoms with Crippen molar-refractivity contribution in [2.75, 3.05) is 0 Å². The molecule has 0 atom stereocenters. The molecule has 0 aromatic heterocycles. The summed E-state index contributed by atoms with van der Waals surface area (Å²) in [4.78, 5) is 27.8. The first-order chi connectivity index (χ1) is 10.6. The number of carbonyl (C=O) groups is 3. The minimum Gasteiger partial charge on any atom is -0.473 e. The molecule has 2 N–H and O–H groups in total. The Bertz CT molecular complexity index is 274. The number of hydrogen-bond acceptors (Lipinski definition) is 4. The maximum atomic E-state index is 9.60. The third-order valence-corrected chi connectivity index (χ3v) is 2.54. The predicted octanol–water partition coefficient (Wildman–Crippen LogP) is 4.26.